The molecule has 3 aliphatic rings. The van der Waals surface area contributed by atoms with Gasteiger partial charge in [-0.15, -0.1) is 0 Å². The topological polar surface area (TPSA) is 12.0 Å². The molecular formula is C14H25N. The van der Waals surface area contributed by atoms with Crippen molar-refractivity contribution in [2.45, 2.75) is 64.3 Å². The van der Waals surface area contributed by atoms with Gasteiger partial charge in [-0.25, -0.2) is 0 Å². The Morgan fingerprint density at radius 1 is 1.13 bits per heavy atom. The fourth-order valence-corrected chi connectivity index (χ4v) is 3.19. The quantitative estimate of drug-likeness (QED) is 0.675. The lowest BCUT2D eigenvalue weighted by molar-refractivity contribution is 0.345. The van der Waals surface area contributed by atoms with Crippen LogP contribution in [-0.4, -0.2) is 12.6 Å². The zero-order valence-corrected chi connectivity index (χ0v) is 10.1. The summed E-state index contributed by atoms with van der Waals surface area (Å²) in [6.07, 6.45) is 11.9. The van der Waals surface area contributed by atoms with Crippen LogP contribution in [0.25, 0.3) is 0 Å². The predicted octanol–water partition coefficient (Wildman–Crippen LogP) is 3.34. The van der Waals surface area contributed by atoms with Crippen LogP contribution in [-0.2, 0) is 0 Å². The second kappa shape index (κ2) is 3.76. The van der Waals surface area contributed by atoms with Crippen LogP contribution in [0.3, 0.4) is 0 Å². The van der Waals surface area contributed by atoms with E-state index < -0.39 is 0 Å². The molecule has 1 N–H and O–H groups in total. The van der Waals surface area contributed by atoms with Crippen LogP contribution in [0, 0.1) is 17.3 Å². The standard InChI is InChI=1S/C14H25N/c1-2-7-14(8-9-14)10-15-13(11-3-4-11)12-5-6-12/h11-13,15H,2-10H2,1H3. The minimum absolute atomic E-state index is 0.747. The smallest absolute Gasteiger partial charge is 0.0124 e. The van der Waals surface area contributed by atoms with Gasteiger partial charge in [0.25, 0.3) is 0 Å². The zero-order valence-electron chi connectivity index (χ0n) is 10.1. The van der Waals surface area contributed by atoms with Crippen molar-refractivity contribution in [1.82, 2.24) is 5.32 Å². The predicted molar refractivity (Wildman–Crippen MR) is 63.8 cm³/mol. The fourth-order valence-electron chi connectivity index (χ4n) is 3.19. The third kappa shape index (κ3) is 2.38. The van der Waals surface area contributed by atoms with Gasteiger partial charge in [-0.3, -0.25) is 0 Å². The highest BCUT2D eigenvalue weighted by atomic mass is 15.0. The monoisotopic (exact) mass is 207 g/mol. The largest absolute Gasteiger partial charge is 0.313 e. The summed E-state index contributed by atoms with van der Waals surface area (Å²) < 4.78 is 0. The van der Waals surface area contributed by atoms with Gasteiger partial charge in [-0.05, 0) is 62.2 Å². The maximum absolute atomic E-state index is 3.93. The minimum Gasteiger partial charge on any atom is -0.313 e. The molecule has 0 aromatic carbocycles. The van der Waals surface area contributed by atoms with Crippen molar-refractivity contribution in [1.29, 1.82) is 0 Å². The molecule has 86 valence electrons. The lowest BCUT2D eigenvalue weighted by atomic mass is 9.99. The summed E-state index contributed by atoms with van der Waals surface area (Å²) in [4.78, 5) is 0. The number of hydrogen-bond acceptors (Lipinski definition) is 1. The fraction of sp³-hybridized carbons (Fsp3) is 1.00. The van der Waals surface area contributed by atoms with Crippen LogP contribution in [0.4, 0.5) is 0 Å². The number of nitrogens with one attached hydrogen (secondary N) is 1. The highest BCUT2D eigenvalue weighted by Gasteiger charge is 2.45. The molecule has 3 saturated carbocycles. The van der Waals surface area contributed by atoms with Gasteiger partial charge < -0.3 is 5.32 Å². The minimum atomic E-state index is 0.747. The molecule has 3 rings (SSSR count). The van der Waals surface area contributed by atoms with Crippen molar-refractivity contribution in [2.75, 3.05) is 6.54 Å². The third-order valence-electron chi connectivity index (χ3n) is 4.71. The van der Waals surface area contributed by atoms with Crippen LogP contribution in [0.15, 0.2) is 0 Å². The van der Waals surface area contributed by atoms with Crippen LogP contribution in [0.1, 0.15) is 58.3 Å². The van der Waals surface area contributed by atoms with E-state index in [1.54, 1.807) is 0 Å². The van der Waals surface area contributed by atoms with E-state index in [9.17, 15) is 0 Å². The summed E-state index contributed by atoms with van der Waals surface area (Å²) in [5.74, 6) is 2.13. The first-order chi connectivity index (χ1) is 7.33. The van der Waals surface area contributed by atoms with E-state index in [2.05, 4.69) is 12.2 Å². The molecule has 0 unspecified atom stereocenters. The molecule has 0 amide bonds. The van der Waals surface area contributed by atoms with Crippen molar-refractivity contribution >= 4 is 0 Å². The average Bonchev–Trinajstić information content (AvgIpc) is 3.09. The van der Waals surface area contributed by atoms with Gasteiger partial charge in [0.05, 0.1) is 0 Å². The summed E-state index contributed by atoms with van der Waals surface area (Å²) in [6.45, 7) is 3.66. The van der Waals surface area contributed by atoms with Crippen LogP contribution in [0.5, 0.6) is 0 Å². The van der Waals surface area contributed by atoms with Crippen molar-refractivity contribution in [2.24, 2.45) is 17.3 Å². The Labute approximate surface area is 94.0 Å². The maximum Gasteiger partial charge on any atom is 0.0124 e. The molecule has 0 spiro atoms. The molecule has 0 atom stereocenters. The molecule has 3 aliphatic carbocycles. The zero-order chi connectivity index (χ0) is 10.3. The average molecular weight is 207 g/mol. The molecule has 15 heavy (non-hydrogen) atoms. The normalized spacial score (nSPS) is 28.4. The highest BCUT2D eigenvalue weighted by molar-refractivity contribution is 5.00. The summed E-state index contributed by atoms with van der Waals surface area (Å²) in [6, 6.07) is 0.916. The Morgan fingerprint density at radius 2 is 1.73 bits per heavy atom. The second-order valence-electron chi connectivity index (χ2n) is 6.33. The SMILES string of the molecule is CCCC1(CNC(C2CC2)C2CC2)CC1. The van der Waals surface area contributed by atoms with E-state index in [-0.39, 0.29) is 0 Å². The molecule has 1 heteroatoms. The van der Waals surface area contributed by atoms with Gasteiger partial charge in [-0.2, -0.15) is 0 Å². The molecule has 0 bridgehead atoms. The van der Waals surface area contributed by atoms with E-state index >= 15 is 0 Å². The van der Waals surface area contributed by atoms with Gasteiger partial charge in [0, 0.05) is 12.6 Å². The summed E-state index contributed by atoms with van der Waals surface area (Å²) >= 11 is 0. The van der Waals surface area contributed by atoms with E-state index in [0.29, 0.717) is 0 Å². The molecule has 0 aromatic heterocycles. The van der Waals surface area contributed by atoms with Gasteiger partial charge in [-0.1, -0.05) is 13.3 Å². The molecule has 0 aromatic rings. The molecule has 0 aliphatic heterocycles. The lowest BCUT2D eigenvalue weighted by Gasteiger charge is -2.22. The lowest BCUT2D eigenvalue weighted by Crippen LogP contribution is -2.37. The van der Waals surface area contributed by atoms with E-state index in [1.165, 1.54) is 57.9 Å². The first kappa shape index (κ1) is 10.1. The molecule has 0 heterocycles. The molecule has 0 radical (unpaired) electrons. The first-order valence-corrected chi connectivity index (χ1v) is 7.06. The second-order valence-corrected chi connectivity index (χ2v) is 6.33. The van der Waals surface area contributed by atoms with E-state index in [1.807, 2.05) is 0 Å². The Balaban J connectivity index is 1.47. The Hall–Kier alpha value is -0.0400. The Kier molecular flexibility index (Phi) is 2.54. The molecular weight excluding hydrogens is 182 g/mol. The van der Waals surface area contributed by atoms with E-state index in [4.69, 9.17) is 0 Å². The van der Waals surface area contributed by atoms with Crippen molar-refractivity contribution in [3.05, 3.63) is 0 Å². The van der Waals surface area contributed by atoms with Crippen LogP contribution < -0.4 is 5.32 Å². The van der Waals surface area contributed by atoms with Gasteiger partial charge in [0.1, 0.15) is 0 Å². The third-order valence-corrected chi connectivity index (χ3v) is 4.71. The summed E-state index contributed by atoms with van der Waals surface area (Å²) in [5.41, 5.74) is 0.747. The Morgan fingerprint density at radius 3 is 2.13 bits per heavy atom. The van der Waals surface area contributed by atoms with Crippen molar-refractivity contribution in [3.8, 4) is 0 Å². The van der Waals surface area contributed by atoms with Gasteiger partial charge in [0.2, 0.25) is 0 Å². The number of hydrogen-bond donors (Lipinski definition) is 1. The summed E-state index contributed by atoms with van der Waals surface area (Å²) in [5, 5.41) is 3.93. The molecule has 0 saturated heterocycles. The highest BCUT2D eigenvalue weighted by Crippen LogP contribution is 2.50. The Bertz CT molecular complexity index is 211. The molecule has 1 nitrogen and oxygen atoms in total. The van der Waals surface area contributed by atoms with Crippen molar-refractivity contribution < 1.29 is 0 Å². The van der Waals surface area contributed by atoms with Gasteiger partial charge >= 0.3 is 0 Å². The molecule has 3 fully saturated rings. The van der Waals surface area contributed by atoms with E-state index in [0.717, 1.165) is 23.3 Å². The van der Waals surface area contributed by atoms with Crippen LogP contribution >= 0.6 is 0 Å². The number of rotatable bonds is 7. The van der Waals surface area contributed by atoms with Crippen molar-refractivity contribution in [3.63, 3.8) is 0 Å². The van der Waals surface area contributed by atoms with Crippen LogP contribution in [0.2, 0.25) is 0 Å². The van der Waals surface area contributed by atoms with Gasteiger partial charge in [0.15, 0.2) is 0 Å². The maximum atomic E-state index is 3.93. The summed E-state index contributed by atoms with van der Waals surface area (Å²) in [7, 11) is 0. The first-order valence-electron chi connectivity index (χ1n) is 7.06.